The Morgan fingerprint density at radius 3 is 2.47 bits per heavy atom. The zero-order valence-electron chi connectivity index (χ0n) is 34.2. The summed E-state index contributed by atoms with van der Waals surface area (Å²) in [7, 11) is 0. The average Bonchev–Trinajstić information content (AvgIpc) is 3.49. The van der Waals surface area contributed by atoms with E-state index in [9.17, 15) is 19.8 Å². The third-order valence-corrected chi connectivity index (χ3v) is 15.4. The standard InChI is InChI=1S/C46H49N7O5S2/c1-24(2)39(45(57)53-20-31(54)15-35(53)43(56)48-25(3)27-9-13-29(14-10-27)41-26(4)47-23-59-41)37-17-38(51-58-37)52-21-46(22-52)18-30(19-46)42-40(28-11-12-28)33-16-34(49-50-44(33)60-42)32-7-5-6-8-36(32)55/h5-10,13-14,16-17,23-25,28,30-31,35,39,54-55H,11-12,15,18-22H2,1-4H3,(H,48,56)/t25-,31+,35-,39+/m0/s1. The van der Waals surface area contributed by atoms with Gasteiger partial charge in [-0.3, -0.25) is 9.59 Å². The van der Waals surface area contributed by atoms with E-state index in [0.29, 0.717) is 28.9 Å². The zero-order chi connectivity index (χ0) is 41.4. The molecule has 310 valence electrons. The van der Waals surface area contributed by atoms with Crippen LogP contribution in [0, 0.1) is 18.3 Å². The number of benzene rings is 2. The first-order valence-corrected chi connectivity index (χ1v) is 22.7. The van der Waals surface area contributed by atoms with Crippen molar-refractivity contribution in [2.75, 3.05) is 24.5 Å². The largest absolute Gasteiger partial charge is 0.507 e. The number of aryl methyl sites for hydroxylation is 1. The summed E-state index contributed by atoms with van der Waals surface area (Å²) in [5.74, 6) is 1.15. The summed E-state index contributed by atoms with van der Waals surface area (Å²) in [4.78, 5) is 39.8. The Balaban J connectivity index is 0.787. The number of carbonyl (C=O) groups excluding carboxylic acids is 2. The lowest BCUT2D eigenvalue weighted by Gasteiger charge is -2.59. The summed E-state index contributed by atoms with van der Waals surface area (Å²) in [6.07, 6.45) is 3.97. The molecule has 0 unspecified atom stereocenters. The van der Waals surface area contributed by atoms with E-state index in [4.69, 9.17) is 4.52 Å². The molecule has 4 aromatic heterocycles. The van der Waals surface area contributed by atoms with E-state index >= 15 is 0 Å². The lowest BCUT2D eigenvalue weighted by atomic mass is 9.57. The number of phenolic OH excluding ortho intramolecular Hbond substituents is 1. The molecule has 2 aromatic carbocycles. The number of rotatable bonds is 11. The quantitative estimate of drug-likeness (QED) is 0.116. The molecule has 4 atom stereocenters. The number of hydrogen-bond acceptors (Lipinski definition) is 12. The van der Waals surface area contributed by atoms with Crippen molar-refractivity contribution in [2.24, 2.45) is 11.3 Å². The van der Waals surface area contributed by atoms with Crippen molar-refractivity contribution in [1.29, 1.82) is 0 Å². The number of thiazole rings is 1. The Morgan fingerprint density at radius 1 is 1.00 bits per heavy atom. The molecule has 4 aliphatic rings. The van der Waals surface area contributed by atoms with Gasteiger partial charge in [-0.25, -0.2) is 4.98 Å². The van der Waals surface area contributed by atoms with Crippen LogP contribution in [0.1, 0.15) is 104 Å². The van der Waals surface area contributed by atoms with E-state index in [1.165, 1.54) is 33.6 Å². The molecule has 2 saturated carbocycles. The second-order valence-corrected chi connectivity index (χ2v) is 19.8. The van der Waals surface area contributed by atoms with Crippen LogP contribution < -0.4 is 10.2 Å². The molecule has 3 N–H and O–H groups in total. The summed E-state index contributed by atoms with van der Waals surface area (Å²) in [5, 5.41) is 39.1. The highest BCUT2D eigenvalue weighted by Crippen LogP contribution is 2.61. The Bertz CT molecular complexity index is 2580. The number of aliphatic hydroxyl groups excluding tert-OH is 1. The smallest absolute Gasteiger partial charge is 0.243 e. The highest BCUT2D eigenvalue weighted by Gasteiger charge is 2.55. The van der Waals surface area contributed by atoms with Gasteiger partial charge in [0.2, 0.25) is 11.8 Å². The van der Waals surface area contributed by atoms with Gasteiger partial charge in [0.15, 0.2) is 11.6 Å². The number of para-hydroxylation sites is 1. The number of amides is 2. The zero-order valence-corrected chi connectivity index (χ0v) is 35.8. The highest BCUT2D eigenvalue weighted by molar-refractivity contribution is 7.19. The van der Waals surface area contributed by atoms with Crippen LogP contribution in [-0.2, 0) is 9.59 Å². The molecule has 1 spiro atoms. The molecular weight excluding hydrogens is 795 g/mol. The van der Waals surface area contributed by atoms with Crippen LogP contribution in [0.15, 0.2) is 70.7 Å². The second kappa shape index (κ2) is 15.1. The third-order valence-electron chi connectivity index (χ3n) is 13.2. The molecule has 60 heavy (non-hydrogen) atoms. The molecule has 2 aliphatic heterocycles. The fourth-order valence-electron chi connectivity index (χ4n) is 9.90. The summed E-state index contributed by atoms with van der Waals surface area (Å²) in [6, 6.07) is 18.3. The lowest BCUT2D eigenvalue weighted by molar-refractivity contribution is -0.141. The van der Waals surface area contributed by atoms with Crippen LogP contribution in [0.3, 0.4) is 0 Å². The monoisotopic (exact) mass is 843 g/mol. The minimum absolute atomic E-state index is 0.0842. The molecule has 2 saturated heterocycles. The molecule has 10 rings (SSSR count). The van der Waals surface area contributed by atoms with Crippen LogP contribution >= 0.6 is 22.7 Å². The summed E-state index contributed by atoms with van der Waals surface area (Å²) in [6.45, 7) is 9.71. The van der Waals surface area contributed by atoms with Gasteiger partial charge < -0.3 is 29.9 Å². The topological polar surface area (TPSA) is 158 Å². The number of thiophene rings is 1. The van der Waals surface area contributed by atoms with Gasteiger partial charge in [0.25, 0.3) is 0 Å². The van der Waals surface area contributed by atoms with Gasteiger partial charge in [-0.15, -0.1) is 32.9 Å². The maximum atomic E-state index is 14.3. The normalized spacial score (nSPS) is 21.0. The van der Waals surface area contributed by atoms with Gasteiger partial charge in [-0.1, -0.05) is 55.4 Å². The van der Waals surface area contributed by atoms with Crippen LogP contribution in [-0.4, -0.2) is 79.0 Å². The van der Waals surface area contributed by atoms with E-state index in [1.54, 1.807) is 28.7 Å². The molecule has 2 aliphatic carbocycles. The van der Waals surface area contributed by atoms with Crippen LogP contribution in [0.25, 0.3) is 31.9 Å². The van der Waals surface area contributed by atoms with Crippen molar-refractivity contribution >= 4 is 50.5 Å². The first kappa shape index (κ1) is 39.0. The van der Waals surface area contributed by atoms with Crippen LogP contribution in [0.4, 0.5) is 5.82 Å². The van der Waals surface area contributed by atoms with Crippen molar-refractivity contribution in [3.8, 4) is 27.4 Å². The van der Waals surface area contributed by atoms with E-state index in [0.717, 1.165) is 58.3 Å². The molecule has 6 aromatic rings. The van der Waals surface area contributed by atoms with E-state index in [-0.39, 0.29) is 47.9 Å². The number of fused-ring (bicyclic) bond motifs is 1. The van der Waals surface area contributed by atoms with Gasteiger partial charge in [-0.2, -0.15) is 0 Å². The van der Waals surface area contributed by atoms with E-state index in [2.05, 4.69) is 36.6 Å². The lowest BCUT2D eigenvalue weighted by Crippen LogP contribution is -2.62. The van der Waals surface area contributed by atoms with Gasteiger partial charge in [0, 0.05) is 53.4 Å². The van der Waals surface area contributed by atoms with E-state index < -0.39 is 18.1 Å². The molecule has 0 bridgehead atoms. The minimum Gasteiger partial charge on any atom is -0.507 e. The third kappa shape index (κ3) is 6.95. The molecule has 6 heterocycles. The number of aromatic nitrogens is 4. The summed E-state index contributed by atoms with van der Waals surface area (Å²) >= 11 is 3.39. The fraction of sp³-hybridized carbons (Fsp3) is 0.435. The Morgan fingerprint density at radius 2 is 1.77 bits per heavy atom. The molecule has 4 fully saturated rings. The van der Waals surface area contributed by atoms with Crippen molar-refractivity contribution in [3.05, 3.63) is 93.6 Å². The molecule has 12 nitrogen and oxygen atoms in total. The number of aromatic hydroxyl groups is 1. The van der Waals surface area contributed by atoms with Crippen LogP contribution in [0.5, 0.6) is 5.75 Å². The number of hydrogen-bond donors (Lipinski definition) is 3. The maximum absolute atomic E-state index is 14.3. The molecule has 14 heteroatoms. The number of anilines is 1. The number of nitrogens with zero attached hydrogens (tertiary/aromatic N) is 6. The maximum Gasteiger partial charge on any atom is 0.243 e. The first-order valence-electron chi connectivity index (χ1n) is 21.0. The summed E-state index contributed by atoms with van der Waals surface area (Å²) < 4.78 is 5.92. The SMILES string of the molecule is Cc1ncsc1-c1ccc([C@H](C)NC(=O)[C@@H]2C[C@@H](O)CN2C(=O)[C@@H](c2cc(N3CC4(CC(c5sc6nnc(-c7ccccc7O)cc6c5C5CC5)C4)C3)no2)C(C)C)cc1. The Hall–Kier alpha value is -5.18. The number of phenols is 1. The Kier molecular flexibility index (Phi) is 9.79. The number of aliphatic hydroxyl groups is 1. The van der Waals surface area contributed by atoms with Gasteiger partial charge >= 0.3 is 0 Å². The number of nitrogens with one attached hydrogen (secondary N) is 1. The average molecular weight is 844 g/mol. The number of β-amino-alcohol motifs (C(OH)–C–C–N with tert-alkyl or cyclic N) is 1. The molecule has 2 amide bonds. The molecular formula is C46H49N7O5S2. The van der Waals surface area contributed by atoms with Crippen LogP contribution in [0.2, 0.25) is 0 Å². The predicted octanol–water partition coefficient (Wildman–Crippen LogP) is 8.32. The highest BCUT2D eigenvalue weighted by atomic mass is 32.1. The number of likely N-dealkylation sites (tertiary alicyclic amines) is 1. The first-order chi connectivity index (χ1) is 28.9. The fourth-order valence-corrected chi connectivity index (χ4v) is 12.0. The van der Waals surface area contributed by atoms with Crippen molar-refractivity contribution < 1.29 is 24.3 Å². The Labute approximate surface area is 356 Å². The van der Waals surface area contributed by atoms with Crippen molar-refractivity contribution in [2.45, 2.75) is 95.7 Å². The second-order valence-electron chi connectivity index (χ2n) is 17.9. The van der Waals surface area contributed by atoms with Gasteiger partial charge in [-0.05, 0) is 92.2 Å². The summed E-state index contributed by atoms with van der Waals surface area (Å²) in [5.41, 5.74) is 7.91. The van der Waals surface area contributed by atoms with Gasteiger partial charge in [0.1, 0.15) is 22.5 Å². The van der Waals surface area contributed by atoms with Crippen molar-refractivity contribution in [1.82, 2.24) is 30.6 Å². The van der Waals surface area contributed by atoms with Crippen molar-refractivity contribution in [3.63, 3.8) is 0 Å². The minimum atomic E-state index is -0.800. The predicted molar refractivity (Wildman–Crippen MR) is 232 cm³/mol. The molecule has 0 radical (unpaired) electrons. The van der Waals surface area contributed by atoms with E-state index in [1.807, 2.05) is 81.7 Å². The number of carbonyl (C=O) groups is 2. The van der Waals surface area contributed by atoms with Gasteiger partial charge in [0.05, 0.1) is 33.9 Å².